The van der Waals surface area contributed by atoms with Crippen LogP contribution >= 0.6 is 12.4 Å². The zero-order chi connectivity index (χ0) is 10.3. The number of hydrogen-bond donors (Lipinski definition) is 2. The molecule has 2 saturated carbocycles. The Bertz CT molecular complexity index is 270. The molecular weight excluding hydrogens is 224 g/mol. The molecule has 92 valence electrons. The van der Waals surface area contributed by atoms with Crippen molar-refractivity contribution in [1.29, 1.82) is 0 Å². The van der Waals surface area contributed by atoms with E-state index in [0.717, 1.165) is 25.6 Å². The number of nitrogens with one attached hydrogen (secondary N) is 2. The minimum atomic E-state index is 0. The lowest BCUT2D eigenvalue weighted by Gasteiger charge is -2.43. The molecule has 3 nitrogen and oxygen atoms in total. The number of amides is 1. The van der Waals surface area contributed by atoms with Crippen LogP contribution in [0.15, 0.2) is 0 Å². The third-order valence-corrected chi connectivity index (χ3v) is 4.56. The monoisotopic (exact) mass is 244 g/mol. The molecule has 1 amide bonds. The Morgan fingerprint density at radius 3 is 2.38 bits per heavy atom. The maximum absolute atomic E-state index is 11.7. The van der Waals surface area contributed by atoms with E-state index in [4.69, 9.17) is 0 Å². The van der Waals surface area contributed by atoms with Gasteiger partial charge in [-0.2, -0.15) is 0 Å². The molecule has 2 aliphatic carbocycles. The lowest BCUT2D eigenvalue weighted by molar-refractivity contribution is -0.127. The molecule has 0 unspecified atom stereocenters. The maximum Gasteiger partial charge on any atom is 0.225 e. The van der Waals surface area contributed by atoms with Gasteiger partial charge in [-0.25, -0.2) is 0 Å². The Hall–Kier alpha value is -0.280. The van der Waals surface area contributed by atoms with Gasteiger partial charge in [0.1, 0.15) is 0 Å². The second-order valence-corrected chi connectivity index (χ2v) is 5.56. The van der Waals surface area contributed by atoms with Crippen molar-refractivity contribution >= 4 is 18.3 Å². The summed E-state index contributed by atoms with van der Waals surface area (Å²) in [6.45, 7) is 2.71. The SMILES string of the molecule is Cl.O=C(NCC1(C2CC2)CCC1)C1CNC1. The van der Waals surface area contributed by atoms with Crippen LogP contribution in [0.1, 0.15) is 32.1 Å². The molecule has 3 rings (SSSR count). The van der Waals surface area contributed by atoms with Gasteiger partial charge >= 0.3 is 0 Å². The van der Waals surface area contributed by atoms with Gasteiger partial charge in [0.2, 0.25) is 5.91 Å². The molecule has 0 aromatic heterocycles. The van der Waals surface area contributed by atoms with Gasteiger partial charge in [-0.15, -0.1) is 12.4 Å². The fraction of sp³-hybridized carbons (Fsp3) is 0.917. The standard InChI is InChI=1S/C12H20N2O.ClH/c15-11(9-6-13-7-9)14-8-12(4-1-5-12)10-2-3-10;/h9-10,13H,1-8H2,(H,14,15);1H. The first-order valence-corrected chi connectivity index (χ1v) is 6.29. The molecule has 1 aliphatic heterocycles. The lowest BCUT2D eigenvalue weighted by Crippen LogP contribution is -2.53. The molecule has 0 atom stereocenters. The fourth-order valence-electron chi connectivity index (χ4n) is 2.94. The van der Waals surface area contributed by atoms with Gasteiger partial charge in [-0.3, -0.25) is 4.79 Å². The van der Waals surface area contributed by atoms with Crippen LogP contribution in [0.2, 0.25) is 0 Å². The Balaban J connectivity index is 0.000000963. The van der Waals surface area contributed by atoms with Gasteiger partial charge in [-0.05, 0) is 37.0 Å². The quantitative estimate of drug-likeness (QED) is 0.783. The van der Waals surface area contributed by atoms with Crippen LogP contribution in [-0.4, -0.2) is 25.5 Å². The number of carbonyl (C=O) groups excluding carboxylic acids is 1. The van der Waals surface area contributed by atoms with Crippen molar-refractivity contribution in [3.05, 3.63) is 0 Å². The summed E-state index contributed by atoms with van der Waals surface area (Å²) < 4.78 is 0. The number of halogens is 1. The average molecular weight is 245 g/mol. The highest BCUT2D eigenvalue weighted by Crippen LogP contribution is 2.56. The van der Waals surface area contributed by atoms with E-state index in [-0.39, 0.29) is 24.2 Å². The van der Waals surface area contributed by atoms with Crippen molar-refractivity contribution in [2.45, 2.75) is 32.1 Å². The number of hydrogen-bond acceptors (Lipinski definition) is 2. The summed E-state index contributed by atoms with van der Waals surface area (Å²) in [7, 11) is 0. The van der Waals surface area contributed by atoms with E-state index in [9.17, 15) is 4.79 Å². The Kier molecular flexibility index (Phi) is 3.45. The summed E-state index contributed by atoms with van der Waals surface area (Å²) in [6.07, 6.45) is 6.88. The predicted molar refractivity (Wildman–Crippen MR) is 65.6 cm³/mol. The third-order valence-electron chi connectivity index (χ3n) is 4.56. The van der Waals surface area contributed by atoms with Crippen molar-refractivity contribution in [1.82, 2.24) is 10.6 Å². The van der Waals surface area contributed by atoms with Gasteiger partial charge in [0.15, 0.2) is 0 Å². The van der Waals surface area contributed by atoms with E-state index in [1.165, 1.54) is 32.1 Å². The van der Waals surface area contributed by atoms with Gasteiger partial charge < -0.3 is 10.6 Å². The molecule has 4 heteroatoms. The van der Waals surface area contributed by atoms with Crippen LogP contribution in [0.3, 0.4) is 0 Å². The third kappa shape index (κ3) is 2.07. The normalized spacial score (nSPS) is 27.2. The maximum atomic E-state index is 11.7. The molecule has 0 aromatic carbocycles. The Morgan fingerprint density at radius 2 is 2.00 bits per heavy atom. The predicted octanol–water partition coefficient (Wildman–Crippen LogP) is 1.32. The minimum absolute atomic E-state index is 0. The zero-order valence-corrected chi connectivity index (χ0v) is 10.4. The average Bonchev–Trinajstić information content (AvgIpc) is 2.82. The van der Waals surface area contributed by atoms with Crippen LogP contribution in [0, 0.1) is 17.3 Å². The highest BCUT2D eigenvalue weighted by molar-refractivity contribution is 5.85. The van der Waals surface area contributed by atoms with Crippen molar-refractivity contribution < 1.29 is 4.79 Å². The first-order valence-electron chi connectivity index (χ1n) is 6.29. The summed E-state index contributed by atoms with van der Waals surface area (Å²) in [5.41, 5.74) is 0.521. The minimum Gasteiger partial charge on any atom is -0.355 e. The Labute approximate surface area is 103 Å². The first-order chi connectivity index (χ1) is 7.30. The molecule has 16 heavy (non-hydrogen) atoms. The van der Waals surface area contributed by atoms with Crippen LogP contribution in [0.25, 0.3) is 0 Å². The molecule has 0 bridgehead atoms. The lowest BCUT2D eigenvalue weighted by atomic mass is 9.65. The molecule has 0 aromatic rings. The largest absolute Gasteiger partial charge is 0.355 e. The number of rotatable bonds is 4. The van der Waals surface area contributed by atoms with E-state index >= 15 is 0 Å². The highest BCUT2D eigenvalue weighted by atomic mass is 35.5. The van der Waals surface area contributed by atoms with Gasteiger partial charge in [0, 0.05) is 19.6 Å². The van der Waals surface area contributed by atoms with Crippen LogP contribution in [0.5, 0.6) is 0 Å². The van der Waals surface area contributed by atoms with Gasteiger partial charge in [-0.1, -0.05) is 6.42 Å². The summed E-state index contributed by atoms with van der Waals surface area (Å²) >= 11 is 0. The van der Waals surface area contributed by atoms with Crippen LogP contribution in [-0.2, 0) is 4.79 Å². The fourth-order valence-corrected chi connectivity index (χ4v) is 2.94. The smallest absolute Gasteiger partial charge is 0.225 e. The molecular formula is C12H21ClN2O. The van der Waals surface area contributed by atoms with Crippen molar-refractivity contribution in [2.75, 3.05) is 19.6 Å². The van der Waals surface area contributed by atoms with E-state index < -0.39 is 0 Å². The van der Waals surface area contributed by atoms with Crippen LogP contribution in [0.4, 0.5) is 0 Å². The highest BCUT2D eigenvalue weighted by Gasteiger charge is 2.49. The zero-order valence-electron chi connectivity index (χ0n) is 9.63. The Morgan fingerprint density at radius 1 is 1.31 bits per heavy atom. The van der Waals surface area contributed by atoms with E-state index in [1.54, 1.807) is 0 Å². The van der Waals surface area contributed by atoms with E-state index in [2.05, 4.69) is 10.6 Å². The van der Waals surface area contributed by atoms with Crippen molar-refractivity contribution in [2.24, 2.45) is 17.3 Å². The second-order valence-electron chi connectivity index (χ2n) is 5.56. The van der Waals surface area contributed by atoms with Crippen LogP contribution < -0.4 is 10.6 Å². The molecule has 0 spiro atoms. The van der Waals surface area contributed by atoms with Gasteiger partial charge in [0.05, 0.1) is 5.92 Å². The van der Waals surface area contributed by atoms with E-state index in [0.29, 0.717) is 5.41 Å². The van der Waals surface area contributed by atoms with Crippen molar-refractivity contribution in [3.63, 3.8) is 0 Å². The molecule has 0 radical (unpaired) electrons. The summed E-state index contributed by atoms with van der Waals surface area (Å²) in [5, 5.41) is 6.31. The topological polar surface area (TPSA) is 41.1 Å². The molecule has 3 aliphatic rings. The molecule has 1 saturated heterocycles. The van der Waals surface area contributed by atoms with E-state index in [1.807, 2.05) is 0 Å². The van der Waals surface area contributed by atoms with Crippen molar-refractivity contribution in [3.8, 4) is 0 Å². The first kappa shape index (κ1) is 12.2. The summed E-state index contributed by atoms with van der Waals surface area (Å²) in [5.74, 6) is 1.47. The molecule has 1 heterocycles. The molecule has 3 fully saturated rings. The molecule has 2 N–H and O–H groups in total. The summed E-state index contributed by atoms with van der Waals surface area (Å²) in [6, 6.07) is 0. The summed E-state index contributed by atoms with van der Waals surface area (Å²) in [4.78, 5) is 11.7. The second kappa shape index (κ2) is 4.53. The van der Waals surface area contributed by atoms with Gasteiger partial charge in [0.25, 0.3) is 0 Å². The number of carbonyl (C=O) groups is 1.